The van der Waals surface area contributed by atoms with Crippen molar-refractivity contribution < 1.29 is 9.13 Å². The molecule has 94 valence electrons. The predicted molar refractivity (Wildman–Crippen MR) is 68.5 cm³/mol. The monoisotopic (exact) mass is 276 g/mol. The van der Waals surface area contributed by atoms with E-state index in [0.29, 0.717) is 29.3 Å². The highest BCUT2D eigenvalue weighted by molar-refractivity contribution is 7.84. The normalized spacial score (nSPS) is 12.4. The fraction of sp³-hybridized carbons (Fsp3) is 0.400. The van der Waals surface area contributed by atoms with Crippen LogP contribution in [0.3, 0.4) is 0 Å². The van der Waals surface area contributed by atoms with Gasteiger partial charge in [-0.1, -0.05) is 11.6 Å². The van der Waals surface area contributed by atoms with Crippen LogP contribution in [0.4, 0.5) is 5.69 Å². The molecule has 1 rings (SSSR count). The van der Waals surface area contributed by atoms with Crippen LogP contribution in [0, 0.1) is 10.1 Å². The molecule has 1 aromatic rings. The van der Waals surface area contributed by atoms with Gasteiger partial charge in [-0.25, -0.2) is 0 Å². The fourth-order valence-corrected chi connectivity index (χ4v) is 2.71. The van der Waals surface area contributed by atoms with Gasteiger partial charge in [0.25, 0.3) is 5.69 Å². The number of hydrogen-bond acceptors (Lipinski definition) is 4. The van der Waals surface area contributed by atoms with E-state index in [4.69, 9.17) is 17.3 Å². The zero-order valence-electron chi connectivity index (χ0n) is 9.10. The molecule has 0 spiro atoms. The zero-order chi connectivity index (χ0) is 12.8. The molecule has 0 aliphatic rings. The van der Waals surface area contributed by atoms with Crippen LogP contribution in [0.5, 0.6) is 0 Å². The molecule has 0 aliphatic carbocycles. The standard InChI is InChI=1S/C10H13ClN2O3S/c11-9-3-2-8(10(6-9)13(14)15)7-17(16)5-1-4-12/h2-3,6H,1,4-5,7,12H2. The van der Waals surface area contributed by atoms with Gasteiger partial charge in [0.05, 0.1) is 10.7 Å². The Morgan fingerprint density at radius 3 is 2.76 bits per heavy atom. The average Bonchev–Trinajstić information content (AvgIpc) is 2.28. The molecule has 1 unspecified atom stereocenters. The van der Waals surface area contributed by atoms with Crippen LogP contribution < -0.4 is 5.73 Å². The van der Waals surface area contributed by atoms with Gasteiger partial charge in [-0.15, -0.1) is 0 Å². The van der Waals surface area contributed by atoms with Gasteiger partial charge >= 0.3 is 0 Å². The first kappa shape index (κ1) is 14.1. The van der Waals surface area contributed by atoms with Gasteiger partial charge in [0.2, 0.25) is 0 Å². The molecule has 0 amide bonds. The minimum atomic E-state index is -1.13. The molecule has 5 nitrogen and oxygen atoms in total. The number of halogens is 1. The van der Waals surface area contributed by atoms with E-state index in [1.807, 2.05) is 0 Å². The van der Waals surface area contributed by atoms with E-state index in [2.05, 4.69) is 0 Å². The Morgan fingerprint density at radius 2 is 2.18 bits per heavy atom. The Balaban J connectivity index is 2.83. The summed E-state index contributed by atoms with van der Waals surface area (Å²) in [5.41, 5.74) is 5.66. The van der Waals surface area contributed by atoms with Gasteiger partial charge in [-0.3, -0.25) is 14.3 Å². The first-order valence-electron chi connectivity index (χ1n) is 5.02. The van der Waals surface area contributed by atoms with Crippen molar-refractivity contribution in [3.63, 3.8) is 0 Å². The second kappa shape index (κ2) is 6.68. The minimum absolute atomic E-state index is 0.0846. The number of nitro groups is 1. The van der Waals surface area contributed by atoms with Gasteiger partial charge in [0, 0.05) is 33.2 Å². The quantitative estimate of drug-likeness (QED) is 0.634. The Labute approximate surface area is 107 Å². The number of benzene rings is 1. The smallest absolute Gasteiger partial charge is 0.275 e. The predicted octanol–water partition coefficient (Wildman–Crippen LogP) is 1.85. The topological polar surface area (TPSA) is 86.2 Å². The third-order valence-corrected chi connectivity index (χ3v) is 3.75. The molecule has 0 saturated heterocycles. The second-order valence-electron chi connectivity index (χ2n) is 3.46. The van der Waals surface area contributed by atoms with Gasteiger partial charge in [-0.05, 0) is 25.1 Å². The number of nitrogens with two attached hydrogens (primary N) is 1. The minimum Gasteiger partial charge on any atom is -0.330 e. The molecule has 1 atom stereocenters. The van der Waals surface area contributed by atoms with Crippen molar-refractivity contribution >= 4 is 28.1 Å². The van der Waals surface area contributed by atoms with Gasteiger partial charge < -0.3 is 5.73 Å². The van der Waals surface area contributed by atoms with Crippen molar-refractivity contribution in [2.75, 3.05) is 12.3 Å². The summed E-state index contributed by atoms with van der Waals surface area (Å²) in [4.78, 5) is 10.3. The Hall–Kier alpha value is -0.980. The van der Waals surface area contributed by atoms with Crippen LogP contribution in [0.15, 0.2) is 18.2 Å². The number of hydrogen-bond donors (Lipinski definition) is 1. The molecular weight excluding hydrogens is 264 g/mol. The van der Waals surface area contributed by atoms with E-state index < -0.39 is 15.7 Å². The molecule has 0 saturated carbocycles. The summed E-state index contributed by atoms with van der Waals surface area (Å²) < 4.78 is 11.6. The Kier molecular flexibility index (Phi) is 5.54. The summed E-state index contributed by atoms with van der Waals surface area (Å²) in [7, 11) is -1.13. The van der Waals surface area contributed by atoms with E-state index in [1.165, 1.54) is 6.07 Å². The van der Waals surface area contributed by atoms with E-state index >= 15 is 0 Å². The lowest BCUT2D eigenvalue weighted by Crippen LogP contribution is -2.08. The maximum absolute atomic E-state index is 11.6. The lowest BCUT2D eigenvalue weighted by molar-refractivity contribution is -0.385. The molecule has 1 aromatic carbocycles. The van der Waals surface area contributed by atoms with Gasteiger partial charge in [-0.2, -0.15) is 0 Å². The Bertz CT molecular complexity index is 440. The molecule has 0 radical (unpaired) electrons. The lowest BCUT2D eigenvalue weighted by Gasteiger charge is -2.03. The summed E-state index contributed by atoms with van der Waals surface area (Å²) >= 11 is 5.68. The van der Waals surface area contributed by atoms with Crippen molar-refractivity contribution in [3.05, 3.63) is 38.9 Å². The molecule has 0 bridgehead atoms. The maximum atomic E-state index is 11.6. The molecule has 17 heavy (non-hydrogen) atoms. The highest BCUT2D eigenvalue weighted by Crippen LogP contribution is 2.24. The second-order valence-corrected chi connectivity index (χ2v) is 5.47. The molecule has 0 fully saturated rings. The number of nitro benzene ring substituents is 1. The van der Waals surface area contributed by atoms with Crippen molar-refractivity contribution in [3.8, 4) is 0 Å². The van der Waals surface area contributed by atoms with Crippen LogP contribution in [-0.2, 0) is 16.6 Å². The molecule has 2 N–H and O–H groups in total. The van der Waals surface area contributed by atoms with Crippen molar-refractivity contribution in [1.29, 1.82) is 0 Å². The summed E-state index contributed by atoms with van der Waals surface area (Å²) in [5, 5.41) is 11.1. The highest BCUT2D eigenvalue weighted by Gasteiger charge is 2.16. The van der Waals surface area contributed by atoms with Gasteiger partial charge in [0.1, 0.15) is 0 Å². The summed E-state index contributed by atoms with van der Waals surface area (Å²) in [6.45, 7) is 0.467. The molecule has 0 aliphatic heterocycles. The van der Waals surface area contributed by atoms with E-state index in [9.17, 15) is 14.3 Å². The summed E-state index contributed by atoms with van der Waals surface area (Å²) in [6, 6.07) is 4.38. The van der Waals surface area contributed by atoms with Crippen LogP contribution in [-0.4, -0.2) is 21.4 Å². The average molecular weight is 277 g/mol. The van der Waals surface area contributed by atoms with E-state index in [-0.39, 0.29) is 11.4 Å². The van der Waals surface area contributed by atoms with E-state index in [0.717, 1.165) is 0 Å². The van der Waals surface area contributed by atoms with E-state index in [1.54, 1.807) is 12.1 Å². The molecular formula is C10H13ClN2O3S. The van der Waals surface area contributed by atoms with Crippen molar-refractivity contribution in [1.82, 2.24) is 0 Å². The maximum Gasteiger partial charge on any atom is 0.275 e. The summed E-state index contributed by atoms with van der Waals surface area (Å²) in [6.07, 6.45) is 0.647. The molecule has 0 heterocycles. The molecule has 0 aromatic heterocycles. The van der Waals surface area contributed by atoms with Crippen LogP contribution in [0.25, 0.3) is 0 Å². The fourth-order valence-electron chi connectivity index (χ4n) is 1.32. The third-order valence-electron chi connectivity index (χ3n) is 2.14. The highest BCUT2D eigenvalue weighted by atomic mass is 35.5. The van der Waals surface area contributed by atoms with Crippen LogP contribution in [0.1, 0.15) is 12.0 Å². The largest absolute Gasteiger partial charge is 0.330 e. The lowest BCUT2D eigenvalue weighted by atomic mass is 10.2. The Morgan fingerprint density at radius 1 is 1.47 bits per heavy atom. The van der Waals surface area contributed by atoms with Crippen LogP contribution in [0.2, 0.25) is 5.02 Å². The third kappa shape index (κ3) is 4.41. The van der Waals surface area contributed by atoms with Crippen molar-refractivity contribution in [2.45, 2.75) is 12.2 Å². The summed E-state index contributed by atoms with van der Waals surface area (Å²) in [5.74, 6) is 0.615. The molecule has 7 heteroatoms. The first-order valence-corrected chi connectivity index (χ1v) is 6.89. The number of nitrogens with zero attached hydrogens (tertiary/aromatic N) is 1. The number of rotatable bonds is 6. The van der Waals surface area contributed by atoms with Crippen molar-refractivity contribution in [2.24, 2.45) is 5.73 Å². The first-order chi connectivity index (χ1) is 8.04. The SMILES string of the molecule is NCCCS(=O)Cc1ccc(Cl)cc1[N+](=O)[O-]. The zero-order valence-corrected chi connectivity index (χ0v) is 10.7. The van der Waals surface area contributed by atoms with Gasteiger partial charge in [0.15, 0.2) is 0 Å². The van der Waals surface area contributed by atoms with Crippen LogP contribution >= 0.6 is 11.6 Å².